The Kier molecular flexibility index (Phi) is 3.32. The number of nitrogens with zero attached hydrogens (tertiary/aromatic N) is 3. The second kappa shape index (κ2) is 5.14. The third kappa shape index (κ3) is 2.22. The molecule has 0 radical (unpaired) electrons. The molecule has 0 bridgehead atoms. The summed E-state index contributed by atoms with van der Waals surface area (Å²) in [5.74, 6) is 1.99. The highest BCUT2D eigenvalue weighted by Crippen LogP contribution is 2.54. The summed E-state index contributed by atoms with van der Waals surface area (Å²) < 4.78 is 5.90. The average Bonchev–Trinajstić information content (AvgIpc) is 2.93. The fraction of sp³-hybridized carbons (Fsp3) is 0.556. The highest BCUT2D eigenvalue weighted by molar-refractivity contribution is 5.87. The van der Waals surface area contributed by atoms with Crippen LogP contribution in [-0.2, 0) is 11.3 Å². The second-order valence-electron chi connectivity index (χ2n) is 7.47. The average molecular weight is 312 g/mol. The van der Waals surface area contributed by atoms with E-state index < -0.39 is 0 Å². The maximum Gasteiger partial charge on any atom is 0.145 e. The van der Waals surface area contributed by atoms with Crippen LogP contribution in [0.4, 0.5) is 5.82 Å². The van der Waals surface area contributed by atoms with Crippen LogP contribution in [0.3, 0.4) is 0 Å². The van der Waals surface area contributed by atoms with Crippen LogP contribution in [0.2, 0.25) is 0 Å². The molecule has 4 rings (SSSR count). The summed E-state index contributed by atoms with van der Waals surface area (Å²) in [5.41, 5.74) is 7.20. The van der Waals surface area contributed by atoms with Gasteiger partial charge in [0.25, 0.3) is 0 Å². The van der Waals surface area contributed by atoms with Gasteiger partial charge in [0, 0.05) is 29.4 Å². The van der Waals surface area contributed by atoms with Gasteiger partial charge in [-0.3, -0.25) is 4.90 Å². The summed E-state index contributed by atoms with van der Waals surface area (Å²) in [6.07, 6.45) is 1.56. The number of fused-ring (bicyclic) bond motifs is 2. The molecule has 1 aliphatic heterocycles. The SMILES string of the molecule is CN(Cc1nc(N)c2ccccc2n1)[C@@H]1[C@H]2CCO[C@@H]2C1(C)C. The first-order valence-corrected chi connectivity index (χ1v) is 8.31. The molecule has 23 heavy (non-hydrogen) atoms. The van der Waals surface area contributed by atoms with Gasteiger partial charge in [0.05, 0.1) is 18.2 Å². The molecular weight excluding hydrogens is 288 g/mol. The highest BCUT2D eigenvalue weighted by Gasteiger charge is 2.60. The lowest BCUT2D eigenvalue weighted by Crippen LogP contribution is -2.65. The molecule has 2 N–H and O–H groups in total. The number of para-hydroxylation sites is 1. The Morgan fingerprint density at radius 3 is 2.91 bits per heavy atom. The van der Waals surface area contributed by atoms with Crippen molar-refractivity contribution in [1.82, 2.24) is 14.9 Å². The van der Waals surface area contributed by atoms with Gasteiger partial charge in [0.15, 0.2) is 0 Å². The molecule has 5 heteroatoms. The molecule has 1 aromatic carbocycles. The van der Waals surface area contributed by atoms with Gasteiger partial charge in [-0.2, -0.15) is 0 Å². The van der Waals surface area contributed by atoms with Crippen molar-refractivity contribution in [2.45, 2.75) is 39.0 Å². The molecule has 1 aromatic heterocycles. The van der Waals surface area contributed by atoms with Crippen molar-refractivity contribution in [1.29, 1.82) is 0 Å². The predicted octanol–water partition coefficient (Wildman–Crippen LogP) is 2.46. The monoisotopic (exact) mass is 312 g/mol. The standard InChI is InChI=1S/C18H24N4O/c1-18(2)15(12-8-9-23-16(12)18)22(3)10-14-20-13-7-5-4-6-11(13)17(19)21-14/h4-7,12,15-16H,8-10H2,1-3H3,(H2,19,20,21)/t12-,15-,16+/m1/s1. The van der Waals surface area contributed by atoms with Crippen LogP contribution in [0.15, 0.2) is 24.3 Å². The quantitative estimate of drug-likeness (QED) is 0.943. The summed E-state index contributed by atoms with van der Waals surface area (Å²) in [7, 11) is 2.16. The van der Waals surface area contributed by atoms with Gasteiger partial charge in [-0.15, -0.1) is 0 Å². The maximum atomic E-state index is 6.10. The van der Waals surface area contributed by atoms with E-state index in [-0.39, 0.29) is 5.41 Å². The number of hydrogen-bond donors (Lipinski definition) is 1. The van der Waals surface area contributed by atoms with Crippen LogP contribution in [-0.4, -0.2) is 40.7 Å². The normalized spacial score (nSPS) is 28.8. The van der Waals surface area contributed by atoms with E-state index >= 15 is 0 Å². The van der Waals surface area contributed by atoms with E-state index in [1.807, 2.05) is 24.3 Å². The van der Waals surface area contributed by atoms with Gasteiger partial charge in [-0.1, -0.05) is 26.0 Å². The van der Waals surface area contributed by atoms with E-state index in [0.717, 1.165) is 29.8 Å². The Balaban J connectivity index is 1.58. The minimum Gasteiger partial charge on any atom is -0.383 e. The van der Waals surface area contributed by atoms with Crippen molar-refractivity contribution in [3.63, 3.8) is 0 Å². The first kappa shape index (κ1) is 14.8. The Bertz CT molecular complexity index is 745. The van der Waals surface area contributed by atoms with Gasteiger partial charge in [-0.05, 0) is 25.6 Å². The molecule has 122 valence electrons. The molecule has 0 unspecified atom stereocenters. The molecule has 0 spiro atoms. The molecular formula is C18H24N4O. The fourth-order valence-electron chi connectivity index (χ4n) is 4.74. The Morgan fingerprint density at radius 1 is 1.30 bits per heavy atom. The number of aromatic nitrogens is 2. The van der Waals surface area contributed by atoms with Gasteiger partial charge in [0.1, 0.15) is 11.6 Å². The van der Waals surface area contributed by atoms with Crippen molar-refractivity contribution in [2.24, 2.45) is 11.3 Å². The Labute approximate surface area is 136 Å². The minimum atomic E-state index is 0.179. The number of nitrogen functional groups attached to an aromatic ring is 1. The van der Waals surface area contributed by atoms with Crippen LogP contribution in [0.1, 0.15) is 26.1 Å². The lowest BCUT2D eigenvalue weighted by molar-refractivity contribution is -0.151. The summed E-state index contributed by atoms with van der Waals surface area (Å²) in [5, 5.41) is 0.923. The smallest absolute Gasteiger partial charge is 0.145 e. The molecule has 2 aliphatic rings. The first-order valence-electron chi connectivity index (χ1n) is 8.31. The van der Waals surface area contributed by atoms with E-state index in [1.165, 1.54) is 0 Å². The molecule has 1 saturated heterocycles. The summed E-state index contributed by atoms with van der Waals surface area (Å²) in [4.78, 5) is 11.6. The summed E-state index contributed by atoms with van der Waals surface area (Å²) in [6.45, 7) is 6.21. The van der Waals surface area contributed by atoms with Crippen LogP contribution >= 0.6 is 0 Å². The lowest BCUT2D eigenvalue weighted by atomic mass is 9.57. The molecule has 0 amide bonds. The van der Waals surface area contributed by atoms with Crippen LogP contribution in [0.25, 0.3) is 10.9 Å². The molecule has 5 nitrogen and oxygen atoms in total. The minimum absolute atomic E-state index is 0.179. The van der Waals surface area contributed by atoms with Gasteiger partial charge < -0.3 is 10.5 Å². The van der Waals surface area contributed by atoms with Crippen molar-refractivity contribution in [3.8, 4) is 0 Å². The van der Waals surface area contributed by atoms with E-state index in [9.17, 15) is 0 Å². The largest absolute Gasteiger partial charge is 0.383 e. The van der Waals surface area contributed by atoms with E-state index in [4.69, 9.17) is 10.5 Å². The number of anilines is 1. The van der Waals surface area contributed by atoms with Crippen LogP contribution in [0, 0.1) is 11.3 Å². The third-order valence-corrected chi connectivity index (χ3v) is 5.58. The number of ether oxygens (including phenoxy) is 1. The van der Waals surface area contributed by atoms with E-state index in [2.05, 4.69) is 35.8 Å². The molecule has 3 atom stereocenters. The van der Waals surface area contributed by atoms with Crippen molar-refractivity contribution >= 4 is 16.7 Å². The van der Waals surface area contributed by atoms with Crippen molar-refractivity contribution < 1.29 is 4.74 Å². The zero-order valence-corrected chi connectivity index (χ0v) is 14.0. The molecule has 2 fully saturated rings. The van der Waals surface area contributed by atoms with Gasteiger partial charge >= 0.3 is 0 Å². The van der Waals surface area contributed by atoms with Gasteiger partial charge in [-0.25, -0.2) is 9.97 Å². The van der Waals surface area contributed by atoms with Crippen molar-refractivity contribution in [3.05, 3.63) is 30.1 Å². The Hall–Kier alpha value is -1.72. The topological polar surface area (TPSA) is 64.3 Å². The number of nitrogens with two attached hydrogens (primary N) is 1. The van der Waals surface area contributed by atoms with E-state index in [0.29, 0.717) is 30.4 Å². The van der Waals surface area contributed by atoms with E-state index in [1.54, 1.807) is 0 Å². The van der Waals surface area contributed by atoms with Gasteiger partial charge in [0.2, 0.25) is 0 Å². The first-order chi connectivity index (χ1) is 11.0. The van der Waals surface area contributed by atoms with Crippen molar-refractivity contribution in [2.75, 3.05) is 19.4 Å². The maximum absolute atomic E-state index is 6.10. The number of rotatable bonds is 3. The zero-order chi connectivity index (χ0) is 16.2. The Morgan fingerprint density at radius 2 is 2.09 bits per heavy atom. The number of hydrogen-bond acceptors (Lipinski definition) is 5. The summed E-state index contributed by atoms with van der Waals surface area (Å²) in [6, 6.07) is 8.41. The molecule has 2 aromatic rings. The second-order valence-corrected chi connectivity index (χ2v) is 7.47. The molecule has 2 heterocycles. The summed E-state index contributed by atoms with van der Waals surface area (Å²) >= 11 is 0. The fourth-order valence-corrected chi connectivity index (χ4v) is 4.74. The highest BCUT2D eigenvalue weighted by atomic mass is 16.5. The molecule has 1 aliphatic carbocycles. The van der Waals surface area contributed by atoms with Crippen LogP contribution < -0.4 is 5.73 Å². The zero-order valence-electron chi connectivity index (χ0n) is 14.0. The third-order valence-electron chi connectivity index (χ3n) is 5.58. The predicted molar refractivity (Wildman–Crippen MR) is 90.8 cm³/mol. The lowest BCUT2D eigenvalue weighted by Gasteiger charge is -2.57. The van der Waals surface area contributed by atoms with Crippen LogP contribution in [0.5, 0.6) is 0 Å². The molecule has 1 saturated carbocycles. The number of benzene rings is 1.